The summed E-state index contributed by atoms with van der Waals surface area (Å²) in [6.07, 6.45) is 3.92. The first-order valence-electron chi connectivity index (χ1n) is 4.75. The SMILES string of the molecule is CC1(C)Oc2ccc(/C=C/C=O)cc2O1. The molecule has 15 heavy (non-hydrogen) atoms. The summed E-state index contributed by atoms with van der Waals surface area (Å²) in [4.78, 5) is 10.2. The van der Waals surface area contributed by atoms with E-state index < -0.39 is 5.79 Å². The van der Waals surface area contributed by atoms with E-state index in [4.69, 9.17) is 9.47 Å². The lowest BCUT2D eigenvalue weighted by atomic mass is 10.2. The second kappa shape index (κ2) is 3.42. The van der Waals surface area contributed by atoms with Gasteiger partial charge in [-0.05, 0) is 23.8 Å². The normalized spacial score (nSPS) is 16.9. The van der Waals surface area contributed by atoms with Gasteiger partial charge in [0.15, 0.2) is 11.5 Å². The summed E-state index contributed by atoms with van der Waals surface area (Å²) in [6.45, 7) is 3.71. The molecule has 1 heterocycles. The Morgan fingerprint density at radius 2 is 1.93 bits per heavy atom. The summed E-state index contributed by atoms with van der Waals surface area (Å²) in [5.41, 5.74) is 0.919. The van der Waals surface area contributed by atoms with E-state index in [1.807, 2.05) is 32.0 Å². The number of carbonyl (C=O) groups is 1. The maximum absolute atomic E-state index is 10.2. The Morgan fingerprint density at radius 1 is 1.20 bits per heavy atom. The van der Waals surface area contributed by atoms with Crippen LogP contribution in [0.2, 0.25) is 0 Å². The van der Waals surface area contributed by atoms with Crippen LogP contribution in [0.5, 0.6) is 11.5 Å². The summed E-state index contributed by atoms with van der Waals surface area (Å²) >= 11 is 0. The van der Waals surface area contributed by atoms with Crippen molar-refractivity contribution >= 4 is 12.4 Å². The molecule has 78 valence electrons. The molecule has 1 aromatic carbocycles. The van der Waals surface area contributed by atoms with Crippen molar-refractivity contribution in [3.8, 4) is 11.5 Å². The van der Waals surface area contributed by atoms with Gasteiger partial charge < -0.3 is 9.47 Å². The predicted octanol–water partition coefficient (Wildman–Crippen LogP) is 2.41. The number of carbonyl (C=O) groups excluding carboxylic acids is 1. The highest BCUT2D eigenvalue weighted by Crippen LogP contribution is 2.39. The molecule has 1 aliphatic rings. The van der Waals surface area contributed by atoms with Crippen LogP contribution in [-0.2, 0) is 4.79 Å². The lowest BCUT2D eigenvalue weighted by Crippen LogP contribution is -2.29. The maximum atomic E-state index is 10.2. The molecule has 0 radical (unpaired) electrons. The molecule has 0 saturated heterocycles. The van der Waals surface area contributed by atoms with Crippen LogP contribution in [0.1, 0.15) is 19.4 Å². The number of benzene rings is 1. The minimum Gasteiger partial charge on any atom is -0.449 e. The van der Waals surface area contributed by atoms with Crippen LogP contribution in [0, 0.1) is 0 Å². The highest BCUT2D eigenvalue weighted by molar-refractivity contribution is 5.74. The topological polar surface area (TPSA) is 35.5 Å². The Labute approximate surface area is 88.3 Å². The fraction of sp³-hybridized carbons (Fsp3) is 0.250. The van der Waals surface area contributed by atoms with Gasteiger partial charge in [-0.25, -0.2) is 0 Å². The van der Waals surface area contributed by atoms with Crippen molar-refractivity contribution in [3.05, 3.63) is 29.8 Å². The van der Waals surface area contributed by atoms with Gasteiger partial charge in [-0.15, -0.1) is 0 Å². The third-order valence-electron chi connectivity index (χ3n) is 2.05. The monoisotopic (exact) mass is 204 g/mol. The molecule has 3 nitrogen and oxygen atoms in total. The van der Waals surface area contributed by atoms with Gasteiger partial charge in [0.1, 0.15) is 6.29 Å². The molecule has 0 unspecified atom stereocenters. The highest BCUT2D eigenvalue weighted by Gasteiger charge is 2.31. The molecule has 0 bridgehead atoms. The second-order valence-electron chi connectivity index (χ2n) is 3.81. The van der Waals surface area contributed by atoms with Crippen molar-refractivity contribution in [3.63, 3.8) is 0 Å². The third kappa shape index (κ3) is 2.01. The second-order valence-corrected chi connectivity index (χ2v) is 3.81. The number of hydrogen-bond donors (Lipinski definition) is 0. The summed E-state index contributed by atoms with van der Waals surface area (Å²) < 4.78 is 11.1. The van der Waals surface area contributed by atoms with E-state index in [9.17, 15) is 4.79 Å². The molecule has 0 N–H and O–H groups in total. The van der Waals surface area contributed by atoms with Gasteiger partial charge in [-0.1, -0.05) is 12.1 Å². The molecular weight excluding hydrogens is 192 g/mol. The number of fused-ring (bicyclic) bond motifs is 1. The van der Waals surface area contributed by atoms with Crippen LogP contribution < -0.4 is 9.47 Å². The van der Waals surface area contributed by atoms with E-state index in [0.29, 0.717) is 5.75 Å². The van der Waals surface area contributed by atoms with Crippen molar-refractivity contribution in [2.75, 3.05) is 0 Å². The summed E-state index contributed by atoms with van der Waals surface area (Å²) in [7, 11) is 0. The first-order valence-corrected chi connectivity index (χ1v) is 4.75. The Morgan fingerprint density at radius 3 is 2.67 bits per heavy atom. The largest absolute Gasteiger partial charge is 0.449 e. The van der Waals surface area contributed by atoms with Crippen LogP contribution in [0.15, 0.2) is 24.3 Å². The average Bonchev–Trinajstić information content (AvgIpc) is 2.47. The van der Waals surface area contributed by atoms with Crippen molar-refractivity contribution in [1.29, 1.82) is 0 Å². The van der Waals surface area contributed by atoms with Gasteiger partial charge in [0.05, 0.1) is 0 Å². The molecule has 1 aromatic rings. The van der Waals surface area contributed by atoms with Gasteiger partial charge >= 0.3 is 0 Å². The maximum Gasteiger partial charge on any atom is 0.246 e. The quantitative estimate of drug-likeness (QED) is 0.548. The first kappa shape index (κ1) is 9.77. The lowest BCUT2D eigenvalue weighted by molar-refractivity contribution is -0.104. The van der Waals surface area contributed by atoms with Crippen LogP contribution in [0.3, 0.4) is 0 Å². The zero-order chi connectivity index (χ0) is 10.9. The highest BCUT2D eigenvalue weighted by atomic mass is 16.7. The van der Waals surface area contributed by atoms with Crippen molar-refractivity contribution in [2.24, 2.45) is 0 Å². The summed E-state index contributed by atoms with van der Waals surface area (Å²) in [6, 6.07) is 5.57. The van der Waals surface area contributed by atoms with E-state index in [1.165, 1.54) is 6.08 Å². The van der Waals surface area contributed by atoms with Crippen LogP contribution in [0.4, 0.5) is 0 Å². The summed E-state index contributed by atoms with van der Waals surface area (Å²) in [5, 5.41) is 0. The lowest BCUT2D eigenvalue weighted by Gasteiger charge is -2.16. The molecule has 0 amide bonds. The fourth-order valence-corrected chi connectivity index (χ4v) is 1.49. The number of ether oxygens (including phenoxy) is 2. The van der Waals surface area contributed by atoms with Crippen LogP contribution in [-0.4, -0.2) is 12.1 Å². The predicted molar refractivity (Wildman–Crippen MR) is 56.9 cm³/mol. The van der Waals surface area contributed by atoms with E-state index in [0.717, 1.165) is 17.6 Å². The van der Waals surface area contributed by atoms with Crippen molar-refractivity contribution < 1.29 is 14.3 Å². The number of allylic oxidation sites excluding steroid dienone is 1. The number of rotatable bonds is 2. The molecule has 3 heteroatoms. The fourth-order valence-electron chi connectivity index (χ4n) is 1.49. The van der Waals surface area contributed by atoms with E-state index in [-0.39, 0.29) is 0 Å². The molecular formula is C12H12O3. The van der Waals surface area contributed by atoms with Crippen LogP contribution in [0.25, 0.3) is 6.08 Å². The smallest absolute Gasteiger partial charge is 0.246 e. The van der Waals surface area contributed by atoms with Gasteiger partial charge in [0.2, 0.25) is 5.79 Å². The standard InChI is InChI=1S/C12H12O3/c1-12(2)14-10-6-5-9(4-3-7-13)8-11(10)15-12/h3-8H,1-2H3/b4-3+. The third-order valence-corrected chi connectivity index (χ3v) is 2.05. The molecule has 0 saturated carbocycles. The van der Waals surface area contributed by atoms with E-state index in [2.05, 4.69) is 0 Å². The zero-order valence-electron chi connectivity index (χ0n) is 8.69. The molecule has 0 atom stereocenters. The molecule has 0 spiro atoms. The van der Waals surface area contributed by atoms with Crippen molar-refractivity contribution in [1.82, 2.24) is 0 Å². The van der Waals surface area contributed by atoms with Crippen LogP contribution >= 0.6 is 0 Å². The molecule has 2 rings (SSSR count). The van der Waals surface area contributed by atoms with Gasteiger partial charge in [-0.3, -0.25) is 4.79 Å². The molecule has 1 aliphatic heterocycles. The number of aldehydes is 1. The van der Waals surface area contributed by atoms with E-state index in [1.54, 1.807) is 6.08 Å². The Kier molecular flexibility index (Phi) is 2.23. The van der Waals surface area contributed by atoms with Crippen molar-refractivity contribution in [2.45, 2.75) is 19.6 Å². The Hall–Kier alpha value is -1.77. The molecule has 0 aromatic heterocycles. The minimum atomic E-state index is -0.602. The first-order chi connectivity index (χ1) is 7.11. The van der Waals surface area contributed by atoms with E-state index >= 15 is 0 Å². The number of hydrogen-bond acceptors (Lipinski definition) is 3. The van der Waals surface area contributed by atoms with Gasteiger partial charge in [0, 0.05) is 13.8 Å². The summed E-state index contributed by atoms with van der Waals surface area (Å²) in [5.74, 6) is 0.853. The Bertz CT molecular complexity index is 419. The molecule has 0 fully saturated rings. The minimum absolute atomic E-state index is 0.602. The molecule has 0 aliphatic carbocycles. The average molecular weight is 204 g/mol. The van der Waals surface area contributed by atoms with Gasteiger partial charge in [0.25, 0.3) is 0 Å². The Balaban J connectivity index is 2.30. The van der Waals surface area contributed by atoms with Gasteiger partial charge in [-0.2, -0.15) is 0 Å². The zero-order valence-corrected chi connectivity index (χ0v) is 8.69.